The van der Waals surface area contributed by atoms with Crippen LogP contribution in [0.3, 0.4) is 0 Å². The van der Waals surface area contributed by atoms with Crippen LogP contribution in [-0.2, 0) is 7.05 Å². The van der Waals surface area contributed by atoms with Gasteiger partial charge in [0.1, 0.15) is 0 Å². The molecule has 0 saturated heterocycles. The zero-order chi connectivity index (χ0) is 9.68. The number of aromatic nitrogens is 1. The predicted octanol–water partition coefficient (Wildman–Crippen LogP) is 3.54. The molecular formula is C11H18ClN. The van der Waals surface area contributed by atoms with Crippen molar-refractivity contribution < 1.29 is 0 Å². The summed E-state index contributed by atoms with van der Waals surface area (Å²) in [4.78, 5) is 0. The van der Waals surface area contributed by atoms with Gasteiger partial charge in [0.05, 0.1) is 0 Å². The molecule has 0 N–H and O–H groups in total. The van der Waals surface area contributed by atoms with Crippen molar-refractivity contribution in [2.75, 3.05) is 5.88 Å². The average molecular weight is 200 g/mol. The normalized spacial score (nSPS) is 13.2. The molecule has 0 aliphatic rings. The second-order valence-electron chi connectivity index (χ2n) is 3.70. The number of aryl methyl sites for hydroxylation is 1. The molecule has 0 aromatic carbocycles. The second kappa shape index (κ2) is 5.33. The van der Waals surface area contributed by atoms with Crippen LogP contribution < -0.4 is 0 Å². The van der Waals surface area contributed by atoms with Crippen molar-refractivity contribution in [3.8, 4) is 0 Å². The molecule has 0 bridgehead atoms. The summed E-state index contributed by atoms with van der Waals surface area (Å²) in [6, 6.07) is 2.20. The number of hydrogen-bond acceptors (Lipinski definition) is 0. The van der Waals surface area contributed by atoms with E-state index in [1.807, 2.05) is 0 Å². The van der Waals surface area contributed by atoms with E-state index < -0.39 is 0 Å². The Labute approximate surface area is 85.7 Å². The van der Waals surface area contributed by atoms with Crippen molar-refractivity contribution in [3.05, 3.63) is 24.0 Å². The number of rotatable bonds is 5. The summed E-state index contributed by atoms with van der Waals surface area (Å²) < 4.78 is 2.10. The van der Waals surface area contributed by atoms with Gasteiger partial charge in [-0.2, -0.15) is 0 Å². The van der Waals surface area contributed by atoms with E-state index in [4.69, 9.17) is 11.6 Å². The van der Waals surface area contributed by atoms with Crippen molar-refractivity contribution in [2.45, 2.75) is 32.1 Å². The molecule has 0 amide bonds. The molecule has 0 aliphatic carbocycles. The van der Waals surface area contributed by atoms with Crippen molar-refractivity contribution in [1.82, 2.24) is 4.57 Å². The highest BCUT2D eigenvalue weighted by molar-refractivity contribution is 6.17. The van der Waals surface area contributed by atoms with Gasteiger partial charge >= 0.3 is 0 Å². The van der Waals surface area contributed by atoms with E-state index in [1.54, 1.807) is 0 Å². The van der Waals surface area contributed by atoms with Crippen LogP contribution in [0.25, 0.3) is 0 Å². The lowest BCUT2D eigenvalue weighted by atomic mass is 9.98. The first-order chi connectivity index (χ1) is 6.24. The van der Waals surface area contributed by atoms with Gasteiger partial charge in [-0.15, -0.1) is 11.6 Å². The molecule has 1 aromatic rings. The van der Waals surface area contributed by atoms with Gasteiger partial charge in [0.25, 0.3) is 0 Å². The Hall–Kier alpha value is -0.430. The SMILES string of the molecule is C[C@@H](CCCCCl)c1ccn(C)c1. The van der Waals surface area contributed by atoms with Gasteiger partial charge in [0.15, 0.2) is 0 Å². The van der Waals surface area contributed by atoms with E-state index in [0.717, 1.165) is 12.3 Å². The Morgan fingerprint density at radius 2 is 2.23 bits per heavy atom. The van der Waals surface area contributed by atoms with E-state index in [0.29, 0.717) is 5.92 Å². The Balaban J connectivity index is 2.35. The fourth-order valence-corrected chi connectivity index (χ4v) is 1.72. The first-order valence-electron chi connectivity index (χ1n) is 4.92. The van der Waals surface area contributed by atoms with Crippen LogP contribution in [0.4, 0.5) is 0 Å². The summed E-state index contributed by atoms with van der Waals surface area (Å²) >= 11 is 5.63. The lowest BCUT2D eigenvalue weighted by Gasteiger charge is -2.08. The lowest BCUT2D eigenvalue weighted by Crippen LogP contribution is -1.92. The van der Waals surface area contributed by atoms with E-state index in [2.05, 4.69) is 37.0 Å². The quantitative estimate of drug-likeness (QED) is 0.505. The molecule has 0 radical (unpaired) electrons. The topological polar surface area (TPSA) is 4.93 Å². The smallest absolute Gasteiger partial charge is 0.0223 e. The van der Waals surface area contributed by atoms with Crippen molar-refractivity contribution in [3.63, 3.8) is 0 Å². The zero-order valence-electron chi connectivity index (χ0n) is 8.46. The molecular weight excluding hydrogens is 182 g/mol. The monoisotopic (exact) mass is 199 g/mol. The maximum Gasteiger partial charge on any atom is 0.0223 e. The van der Waals surface area contributed by atoms with Gasteiger partial charge in [0, 0.05) is 25.3 Å². The molecule has 74 valence electrons. The summed E-state index contributed by atoms with van der Waals surface area (Å²) in [6.07, 6.45) is 7.92. The van der Waals surface area contributed by atoms with Gasteiger partial charge in [-0.3, -0.25) is 0 Å². The van der Waals surface area contributed by atoms with Crippen molar-refractivity contribution >= 4 is 11.6 Å². The van der Waals surface area contributed by atoms with E-state index in [1.165, 1.54) is 18.4 Å². The van der Waals surface area contributed by atoms with Gasteiger partial charge in [-0.1, -0.05) is 13.3 Å². The maximum atomic E-state index is 5.63. The Morgan fingerprint density at radius 3 is 2.77 bits per heavy atom. The largest absolute Gasteiger partial charge is 0.357 e. The molecule has 0 saturated carbocycles. The molecule has 0 unspecified atom stereocenters. The number of nitrogens with zero attached hydrogens (tertiary/aromatic N) is 1. The fraction of sp³-hybridized carbons (Fsp3) is 0.636. The van der Waals surface area contributed by atoms with Gasteiger partial charge in [-0.25, -0.2) is 0 Å². The average Bonchev–Trinajstić information content (AvgIpc) is 2.52. The first-order valence-corrected chi connectivity index (χ1v) is 5.45. The van der Waals surface area contributed by atoms with Gasteiger partial charge in [-0.05, 0) is 30.4 Å². The van der Waals surface area contributed by atoms with Crippen LogP contribution in [0.1, 0.15) is 37.7 Å². The Kier molecular flexibility index (Phi) is 4.37. The summed E-state index contributed by atoms with van der Waals surface area (Å²) in [5.74, 6) is 1.46. The summed E-state index contributed by atoms with van der Waals surface area (Å²) in [5, 5.41) is 0. The zero-order valence-corrected chi connectivity index (χ0v) is 9.22. The van der Waals surface area contributed by atoms with Gasteiger partial charge < -0.3 is 4.57 Å². The highest BCUT2D eigenvalue weighted by Crippen LogP contribution is 2.21. The minimum atomic E-state index is 0.671. The van der Waals surface area contributed by atoms with Crippen LogP contribution in [0.5, 0.6) is 0 Å². The van der Waals surface area contributed by atoms with Crippen LogP contribution in [-0.4, -0.2) is 10.4 Å². The molecule has 0 aliphatic heterocycles. The molecule has 0 fully saturated rings. The molecule has 2 heteroatoms. The number of unbranched alkanes of at least 4 members (excludes halogenated alkanes) is 1. The highest BCUT2D eigenvalue weighted by atomic mass is 35.5. The number of halogens is 1. The van der Waals surface area contributed by atoms with Crippen LogP contribution in [0.2, 0.25) is 0 Å². The summed E-state index contributed by atoms with van der Waals surface area (Å²) in [5.41, 5.74) is 1.44. The Bertz CT molecular complexity index is 242. The number of hydrogen-bond donors (Lipinski definition) is 0. The second-order valence-corrected chi connectivity index (χ2v) is 4.07. The maximum absolute atomic E-state index is 5.63. The van der Waals surface area contributed by atoms with E-state index in [9.17, 15) is 0 Å². The van der Waals surface area contributed by atoms with E-state index >= 15 is 0 Å². The molecule has 1 heterocycles. The van der Waals surface area contributed by atoms with Gasteiger partial charge in [0.2, 0.25) is 0 Å². The molecule has 13 heavy (non-hydrogen) atoms. The predicted molar refractivity (Wildman–Crippen MR) is 58.4 cm³/mol. The summed E-state index contributed by atoms with van der Waals surface area (Å²) in [7, 11) is 2.06. The third kappa shape index (κ3) is 3.43. The third-order valence-corrected chi connectivity index (χ3v) is 2.71. The molecule has 1 aromatic heterocycles. The third-order valence-electron chi connectivity index (χ3n) is 2.44. The molecule has 1 nitrogen and oxygen atoms in total. The van der Waals surface area contributed by atoms with Crippen molar-refractivity contribution in [2.24, 2.45) is 7.05 Å². The van der Waals surface area contributed by atoms with Crippen LogP contribution >= 0.6 is 11.6 Å². The summed E-state index contributed by atoms with van der Waals surface area (Å²) in [6.45, 7) is 2.28. The standard InChI is InChI=1S/C11H18ClN/c1-10(5-3-4-7-12)11-6-8-13(2)9-11/h6,8-10H,3-5,7H2,1-2H3/t10-/m0/s1. The first kappa shape index (κ1) is 10.6. The lowest BCUT2D eigenvalue weighted by molar-refractivity contribution is 0.625. The fourth-order valence-electron chi connectivity index (χ4n) is 1.53. The van der Waals surface area contributed by atoms with Crippen molar-refractivity contribution in [1.29, 1.82) is 0 Å². The molecule has 0 spiro atoms. The minimum absolute atomic E-state index is 0.671. The van der Waals surface area contributed by atoms with Crippen LogP contribution in [0, 0.1) is 0 Å². The minimum Gasteiger partial charge on any atom is -0.357 e. The molecule has 1 atom stereocenters. The molecule has 1 rings (SSSR count). The van der Waals surface area contributed by atoms with Crippen LogP contribution in [0.15, 0.2) is 18.5 Å². The van der Waals surface area contributed by atoms with E-state index in [-0.39, 0.29) is 0 Å². The Morgan fingerprint density at radius 1 is 1.46 bits per heavy atom. The highest BCUT2D eigenvalue weighted by Gasteiger charge is 2.05. The number of alkyl halides is 1.